The first-order chi connectivity index (χ1) is 13.3. The van der Waals surface area contributed by atoms with Gasteiger partial charge in [0.25, 0.3) is 11.6 Å². The van der Waals surface area contributed by atoms with Crippen LogP contribution in [0.3, 0.4) is 0 Å². The average Bonchev–Trinajstić information content (AvgIpc) is 2.68. The monoisotopic (exact) mass is 394 g/mol. The summed E-state index contributed by atoms with van der Waals surface area (Å²) in [5, 5.41) is 13.4. The first kappa shape index (κ1) is 19.0. The quantitative estimate of drug-likeness (QED) is 0.470. The van der Waals surface area contributed by atoms with Crippen LogP contribution in [0.4, 0.5) is 20.2 Å². The van der Waals surface area contributed by atoms with Crippen molar-refractivity contribution in [2.24, 2.45) is 0 Å². The van der Waals surface area contributed by atoms with E-state index in [0.29, 0.717) is 0 Å². The van der Waals surface area contributed by atoms with Crippen LogP contribution in [0.25, 0.3) is 0 Å². The number of fused-ring (bicyclic) bond motifs is 1. The second kappa shape index (κ2) is 7.86. The Labute approximate surface area is 156 Å². The fourth-order valence-electron chi connectivity index (χ4n) is 2.37. The van der Waals surface area contributed by atoms with E-state index in [2.05, 4.69) is 5.32 Å². The Hall–Kier alpha value is -3.76. The summed E-state index contributed by atoms with van der Waals surface area (Å²) in [7, 11) is 0. The van der Waals surface area contributed by atoms with Crippen LogP contribution in [0, 0.1) is 21.7 Å². The number of carbonyl (C=O) groups excluding carboxylic acids is 2. The van der Waals surface area contributed by atoms with Crippen LogP contribution < -0.4 is 14.8 Å². The fourth-order valence-corrected chi connectivity index (χ4v) is 2.37. The van der Waals surface area contributed by atoms with Crippen LogP contribution in [0.15, 0.2) is 30.3 Å². The largest absolute Gasteiger partial charge is 0.486 e. The second-order valence-corrected chi connectivity index (χ2v) is 5.52. The molecule has 2 aromatic rings. The van der Waals surface area contributed by atoms with Gasteiger partial charge in [0.1, 0.15) is 18.8 Å². The third-order valence-corrected chi connectivity index (χ3v) is 3.61. The van der Waals surface area contributed by atoms with Gasteiger partial charge in [-0.05, 0) is 12.1 Å². The molecule has 0 fully saturated rings. The Morgan fingerprint density at radius 2 is 1.79 bits per heavy atom. The highest BCUT2D eigenvalue weighted by Crippen LogP contribution is 2.36. The topological polar surface area (TPSA) is 117 Å². The molecule has 0 unspecified atom stereocenters. The first-order valence-electron chi connectivity index (χ1n) is 7.85. The van der Waals surface area contributed by atoms with Gasteiger partial charge in [0.15, 0.2) is 29.7 Å². The standard InChI is InChI=1S/C17H12F2N2O7/c18-11-2-1-9(5-12(11)19)20-16(22)8-28-17(23)10-6-14-15(27-4-3-26-14)7-13(10)21(24)25/h1-2,5-7H,3-4,8H2,(H,20,22). The van der Waals surface area contributed by atoms with E-state index in [4.69, 9.17) is 14.2 Å². The number of nitro benzene ring substituents is 1. The summed E-state index contributed by atoms with van der Waals surface area (Å²) in [5.74, 6) is -3.98. The third-order valence-electron chi connectivity index (χ3n) is 3.61. The van der Waals surface area contributed by atoms with Gasteiger partial charge < -0.3 is 19.5 Å². The van der Waals surface area contributed by atoms with E-state index >= 15 is 0 Å². The molecule has 1 aliphatic heterocycles. The number of halogens is 2. The Balaban J connectivity index is 1.69. The predicted molar refractivity (Wildman–Crippen MR) is 89.4 cm³/mol. The molecule has 1 N–H and O–H groups in total. The SMILES string of the molecule is O=C(COC(=O)c1cc2c(cc1[N+](=O)[O-])OCCO2)Nc1ccc(F)c(F)c1. The van der Waals surface area contributed by atoms with Gasteiger partial charge in [-0.15, -0.1) is 0 Å². The lowest BCUT2D eigenvalue weighted by atomic mass is 10.1. The number of rotatable bonds is 5. The van der Waals surface area contributed by atoms with Gasteiger partial charge in [-0.1, -0.05) is 0 Å². The van der Waals surface area contributed by atoms with Crippen molar-refractivity contribution in [3.8, 4) is 11.5 Å². The van der Waals surface area contributed by atoms with Gasteiger partial charge in [0.05, 0.1) is 11.0 Å². The number of ether oxygens (including phenoxy) is 3. The van der Waals surface area contributed by atoms with Crippen molar-refractivity contribution < 1.29 is 37.5 Å². The molecule has 0 saturated carbocycles. The average molecular weight is 394 g/mol. The van der Waals surface area contributed by atoms with Crippen molar-refractivity contribution in [1.82, 2.24) is 0 Å². The fraction of sp³-hybridized carbons (Fsp3) is 0.176. The van der Waals surface area contributed by atoms with Crippen molar-refractivity contribution in [2.45, 2.75) is 0 Å². The van der Waals surface area contributed by atoms with Gasteiger partial charge in [-0.25, -0.2) is 13.6 Å². The molecule has 1 heterocycles. The normalized spacial score (nSPS) is 12.2. The number of benzene rings is 2. The molecule has 0 aliphatic carbocycles. The van der Waals surface area contributed by atoms with Crippen molar-refractivity contribution in [1.29, 1.82) is 0 Å². The maximum Gasteiger partial charge on any atom is 0.345 e. The van der Waals surface area contributed by atoms with Gasteiger partial charge >= 0.3 is 5.97 Å². The van der Waals surface area contributed by atoms with Crippen molar-refractivity contribution in [2.75, 3.05) is 25.1 Å². The molecule has 146 valence electrons. The highest BCUT2D eigenvalue weighted by atomic mass is 19.2. The Bertz CT molecular complexity index is 965. The van der Waals surface area contributed by atoms with Crippen molar-refractivity contribution in [3.05, 3.63) is 57.6 Å². The van der Waals surface area contributed by atoms with Crippen LogP contribution in [-0.2, 0) is 9.53 Å². The first-order valence-corrected chi connectivity index (χ1v) is 7.85. The summed E-state index contributed by atoms with van der Waals surface area (Å²) in [6.07, 6.45) is 0. The minimum absolute atomic E-state index is 0.0507. The number of hydrogen-bond donors (Lipinski definition) is 1. The summed E-state index contributed by atoms with van der Waals surface area (Å²) < 4.78 is 41.3. The summed E-state index contributed by atoms with van der Waals surface area (Å²) >= 11 is 0. The van der Waals surface area contributed by atoms with Gasteiger partial charge in [0.2, 0.25) is 0 Å². The van der Waals surface area contributed by atoms with E-state index in [-0.39, 0.29) is 30.4 Å². The lowest BCUT2D eigenvalue weighted by molar-refractivity contribution is -0.385. The number of nitrogens with zero attached hydrogens (tertiary/aromatic N) is 1. The molecular formula is C17H12F2N2O7. The molecule has 2 aromatic carbocycles. The number of nitrogens with one attached hydrogen (secondary N) is 1. The molecule has 0 aromatic heterocycles. The molecule has 0 bridgehead atoms. The minimum Gasteiger partial charge on any atom is -0.486 e. The Morgan fingerprint density at radius 1 is 1.11 bits per heavy atom. The molecule has 1 aliphatic rings. The van der Waals surface area contributed by atoms with Gasteiger partial charge in [-0.3, -0.25) is 14.9 Å². The number of esters is 1. The predicted octanol–water partition coefficient (Wildman–Crippen LogP) is 2.44. The summed E-state index contributed by atoms with van der Waals surface area (Å²) in [6, 6.07) is 4.81. The zero-order valence-electron chi connectivity index (χ0n) is 14.1. The molecule has 3 rings (SSSR count). The number of hydrogen-bond acceptors (Lipinski definition) is 7. The molecular weight excluding hydrogens is 382 g/mol. The van der Waals surface area contributed by atoms with Crippen LogP contribution >= 0.6 is 0 Å². The second-order valence-electron chi connectivity index (χ2n) is 5.52. The van der Waals surface area contributed by atoms with Crippen LogP contribution in [0.5, 0.6) is 11.5 Å². The molecule has 0 atom stereocenters. The lowest BCUT2D eigenvalue weighted by Gasteiger charge is -2.18. The van der Waals surface area contributed by atoms with Crippen molar-refractivity contribution >= 4 is 23.3 Å². The minimum atomic E-state index is -1.17. The molecule has 11 heteroatoms. The van der Waals surface area contributed by atoms with E-state index in [0.717, 1.165) is 30.3 Å². The zero-order valence-corrected chi connectivity index (χ0v) is 14.1. The van der Waals surface area contributed by atoms with Crippen LogP contribution in [0.2, 0.25) is 0 Å². The summed E-state index contributed by atoms with van der Waals surface area (Å²) in [5.41, 5.74) is -1.05. The summed E-state index contributed by atoms with van der Waals surface area (Å²) in [6.45, 7) is -0.391. The van der Waals surface area contributed by atoms with E-state index < -0.39 is 46.3 Å². The molecule has 1 amide bonds. The highest BCUT2D eigenvalue weighted by Gasteiger charge is 2.27. The number of anilines is 1. The maximum absolute atomic E-state index is 13.1. The van der Waals surface area contributed by atoms with Gasteiger partial charge in [-0.2, -0.15) is 0 Å². The lowest BCUT2D eigenvalue weighted by Crippen LogP contribution is -2.22. The smallest absolute Gasteiger partial charge is 0.345 e. The van der Waals surface area contributed by atoms with E-state index in [9.17, 15) is 28.5 Å². The highest BCUT2D eigenvalue weighted by molar-refractivity contribution is 5.98. The summed E-state index contributed by atoms with van der Waals surface area (Å²) in [4.78, 5) is 34.4. The van der Waals surface area contributed by atoms with E-state index in [1.165, 1.54) is 0 Å². The molecule has 0 radical (unpaired) electrons. The molecule has 9 nitrogen and oxygen atoms in total. The Morgan fingerprint density at radius 3 is 2.43 bits per heavy atom. The number of amides is 1. The molecule has 28 heavy (non-hydrogen) atoms. The zero-order chi connectivity index (χ0) is 20.3. The Kier molecular flexibility index (Phi) is 5.34. The van der Waals surface area contributed by atoms with Crippen LogP contribution in [0.1, 0.15) is 10.4 Å². The molecule has 0 saturated heterocycles. The number of nitro groups is 1. The number of carbonyl (C=O) groups is 2. The third kappa shape index (κ3) is 4.14. The van der Waals surface area contributed by atoms with E-state index in [1.54, 1.807) is 0 Å². The van der Waals surface area contributed by atoms with Gasteiger partial charge in [0, 0.05) is 17.8 Å². The van der Waals surface area contributed by atoms with E-state index in [1.807, 2.05) is 0 Å². The van der Waals surface area contributed by atoms with Crippen molar-refractivity contribution in [3.63, 3.8) is 0 Å². The van der Waals surface area contributed by atoms with Crippen LogP contribution in [-0.4, -0.2) is 36.6 Å². The molecule has 0 spiro atoms. The maximum atomic E-state index is 13.1.